The van der Waals surface area contributed by atoms with E-state index in [-0.39, 0.29) is 30.0 Å². The van der Waals surface area contributed by atoms with Gasteiger partial charge in [0.15, 0.2) is 5.96 Å². The predicted molar refractivity (Wildman–Crippen MR) is 102 cm³/mol. The van der Waals surface area contributed by atoms with Gasteiger partial charge in [0.05, 0.1) is 18.8 Å². The Labute approximate surface area is 150 Å². The Hall–Kier alpha value is -1.02. The van der Waals surface area contributed by atoms with E-state index in [1.807, 2.05) is 26.2 Å². The molecule has 0 saturated heterocycles. The van der Waals surface area contributed by atoms with Crippen LogP contribution in [0.1, 0.15) is 31.6 Å². The molecule has 0 bridgehead atoms. The highest BCUT2D eigenvalue weighted by Crippen LogP contribution is 2.18. The first-order valence-corrected chi connectivity index (χ1v) is 7.60. The number of hydrogen-bond acceptors (Lipinski definition) is 3. The number of likely N-dealkylation sites (N-methyl/N-ethyl adjacent to an activating group) is 1. The van der Waals surface area contributed by atoms with Crippen LogP contribution in [-0.4, -0.2) is 44.1 Å². The number of halogens is 1. The molecular formula is C16H27IN4O. The van der Waals surface area contributed by atoms with Crippen molar-refractivity contribution >= 4 is 29.9 Å². The number of guanidine groups is 1. The van der Waals surface area contributed by atoms with E-state index in [0.717, 1.165) is 31.1 Å². The first-order valence-electron chi connectivity index (χ1n) is 7.60. The molecule has 1 aliphatic rings. The topological polar surface area (TPSA) is 52.8 Å². The van der Waals surface area contributed by atoms with Crippen LogP contribution in [0, 0.1) is 0 Å². The maximum absolute atomic E-state index is 5.52. The summed E-state index contributed by atoms with van der Waals surface area (Å²) in [5.74, 6) is 1.83. The summed E-state index contributed by atoms with van der Waals surface area (Å²) in [6.45, 7) is 3.61. The minimum absolute atomic E-state index is 0. The van der Waals surface area contributed by atoms with Gasteiger partial charge < -0.3 is 15.1 Å². The van der Waals surface area contributed by atoms with Crippen LogP contribution >= 0.6 is 24.0 Å². The van der Waals surface area contributed by atoms with Crippen LogP contribution in [-0.2, 0) is 0 Å². The van der Waals surface area contributed by atoms with Gasteiger partial charge in [-0.3, -0.25) is 9.89 Å². The fourth-order valence-corrected chi connectivity index (χ4v) is 2.41. The average Bonchev–Trinajstić information content (AvgIpc) is 3.11. The molecule has 0 saturated carbocycles. The number of rotatable bonds is 6. The molecule has 1 aromatic rings. The maximum atomic E-state index is 5.52. The van der Waals surface area contributed by atoms with Crippen LogP contribution < -0.4 is 10.6 Å². The van der Waals surface area contributed by atoms with Gasteiger partial charge in [-0.25, -0.2) is 0 Å². The lowest BCUT2D eigenvalue weighted by atomic mass is 10.2. The molecule has 1 aromatic heterocycles. The number of hydrogen-bond donors (Lipinski definition) is 2. The maximum Gasteiger partial charge on any atom is 0.191 e. The van der Waals surface area contributed by atoms with Gasteiger partial charge in [-0.1, -0.05) is 12.2 Å². The molecule has 5 nitrogen and oxygen atoms in total. The SMILES string of the molecule is CCNC(=NCC(c1ccco1)N(C)C)NC1CC=CC1.I. The number of furan rings is 1. The zero-order valence-electron chi connectivity index (χ0n) is 13.6. The molecule has 2 N–H and O–H groups in total. The lowest BCUT2D eigenvalue weighted by Crippen LogP contribution is -2.43. The largest absolute Gasteiger partial charge is 0.468 e. The summed E-state index contributed by atoms with van der Waals surface area (Å²) in [4.78, 5) is 6.85. The van der Waals surface area contributed by atoms with E-state index in [2.05, 4.69) is 34.6 Å². The Morgan fingerprint density at radius 3 is 2.68 bits per heavy atom. The second-order valence-corrected chi connectivity index (χ2v) is 5.50. The Morgan fingerprint density at radius 1 is 1.41 bits per heavy atom. The van der Waals surface area contributed by atoms with E-state index in [1.165, 1.54) is 0 Å². The number of aliphatic imine (C=N–C) groups is 1. The number of nitrogens with zero attached hydrogens (tertiary/aromatic N) is 2. The molecular weight excluding hydrogens is 391 g/mol. The van der Waals surface area contributed by atoms with Crippen molar-refractivity contribution in [1.29, 1.82) is 0 Å². The fraction of sp³-hybridized carbons (Fsp3) is 0.562. The van der Waals surface area contributed by atoms with Crippen molar-refractivity contribution in [3.05, 3.63) is 36.3 Å². The van der Waals surface area contributed by atoms with Crippen LogP contribution in [0.15, 0.2) is 40.0 Å². The lowest BCUT2D eigenvalue weighted by Gasteiger charge is -2.22. The normalized spacial score (nSPS) is 16.6. The third-order valence-corrected chi connectivity index (χ3v) is 3.61. The van der Waals surface area contributed by atoms with Crippen LogP contribution in [0.3, 0.4) is 0 Å². The summed E-state index contributed by atoms with van der Waals surface area (Å²) in [7, 11) is 4.09. The first kappa shape index (κ1) is 19.0. The molecule has 6 heteroatoms. The first-order chi connectivity index (χ1) is 10.2. The zero-order chi connectivity index (χ0) is 15.1. The van der Waals surface area contributed by atoms with E-state index >= 15 is 0 Å². The van der Waals surface area contributed by atoms with Crippen molar-refractivity contribution in [2.24, 2.45) is 4.99 Å². The molecule has 1 unspecified atom stereocenters. The van der Waals surface area contributed by atoms with E-state index in [0.29, 0.717) is 12.6 Å². The van der Waals surface area contributed by atoms with Gasteiger partial charge in [-0.15, -0.1) is 24.0 Å². The highest BCUT2D eigenvalue weighted by atomic mass is 127. The highest BCUT2D eigenvalue weighted by molar-refractivity contribution is 14.0. The molecule has 0 amide bonds. The van der Waals surface area contributed by atoms with E-state index in [9.17, 15) is 0 Å². The third kappa shape index (κ3) is 5.64. The summed E-state index contributed by atoms with van der Waals surface area (Å²) in [6.07, 6.45) is 8.28. The molecule has 1 aliphatic carbocycles. The summed E-state index contributed by atoms with van der Waals surface area (Å²) in [5, 5.41) is 6.79. The van der Waals surface area contributed by atoms with Gasteiger partial charge >= 0.3 is 0 Å². The Bertz CT molecular complexity index is 463. The van der Waals surface area contributed by atoms with E-state index < -0.39 is 0 Å². The zero-order valence-corrected chi connectivity index (χ0v) is 15.9. The second kappa shape index (κ2) is 9.89. The Kier molecular flexibility index (Phi) is 8.55. The van der Waals surface area contributed by atoms with Gasteiger partial charge in [0.2, 0.25) is 0 Å². The van der Waals surface area contributed by atoms with Crippen molar-refractivity contribution in [2.45, 2.75) is 31.8 Å². The molecule has 0 aromatic carbocycles. The molecule has 0 spiro atoms. The molecule has 1 heterocycles. The van der Waals surface area contributed by atoms with Crippen LogP contribution in [0.2, 0.25) is 0 Å². The summed E-state index contributed by atoms with van der Waals surface area (Å²) < 4.78 is 5.52. The van der Waals surface area contributed by atoms with Gasteiger partial charge in [-0.05, 0) is 46.0 Å². The van der Waals surface area contributed by atoms with Crippen molar-refractivity contribution in [3.63, 3.8) is 0 Å². The Morgan fingerprint density at radius 2 is 2.14 bits per heavy atom. The van der Waals surface area contributed by atoms with Gasteiger partial charge in [0.25, 0.3) is 0 Å². The Balaban J connectivity index is 0.00000242. The standard InChI is InChI=1S/C16H26N4O.HI/c1-4-17-16(19-13-8-5-6-9-13)18-12-14(20(2)3)15-10-7-11-21-15;/h5-7,10-11,13-14H,4,8-9,12H2,1-3H3,(H2,17,18,19);1H. The molecule has 1 atom stereocenters. The lowest BCUT2D eigenvalue weighted by molar-refractivity contribution is 0.265. The van der Waals surface area contributed by atoms with Crippen LogP contribution in [0.5, 0.6) is 0 Å². The second-order valence-electron chi connectivity index (χ2n) is 5.50. The van der Waals surface area contributed by atoms with E-state index in [4.69, 9.17) is 9.41 Å². The quantitative estimate of drug-likeness (QED) is 0.323. The van der Waals surface area contributed by atoms with Crippen molar-refractivity contribution in [1.82, 2.24) is 15.5 Å². The minimum atomic E-state index is 0. The predicted octanol–water partition coefficient (Wildman–Crippen LogP) is 2.77. The molecule has 2 rings (SSSR count). The van der Waals surface area contributed by atoms with Crippen LogP contribution in [0.25, 0.3) is 0 Å². The minimum Gasteiger partial charge on any atom is -0.468 e. The average molecular weight is 418 g/mol. The third-order valence-electron chi connectivity index (χ3n) is 3.61. The summed E-state index contributed by atoms with van der Waals surface area (Å²) >= 11 is 0. The molecule has 0 radical (unpaired) electrons. The van der Waals surface area contributed by atoms with E-state index in [1.54, 1.807) is 6.26 Å². The molecule has 0 fully saturated rings. The molecule has 0 aliphatic heterocycles. The smallest absolute Gasteiger partial charge is 0.191 e. The molecule has 124 valence electrons. The monoisotopic (exact) mass is 418 g/mol. The summed E-state index contributed by atoms with van der Waals surface area (Å²) in [6, 6.07) is 4.53. The van der Waals surface area contributed by atoms with Gasteiger partial charge in [0, 0.05) is 12.6 Å². The van der Waals surface area contributed by atoms with Crippen molar-refractivity contribution in [3.8, 4) is 0 Å². The van der Waals surface area contributed by atoms with Crippen molar-refractivity contribution < 1.29 is 4.42 Å². The van der Waals surface area contributed by atoms with Gasteiger partial charge in [0.1, 0.15) is 5.76 Å². The molecule has 22 heavy (non-hydrogen) atoms. The van der Waals surface area contributed by atoms with Crippen LogP contribution in [0.4, 0.5) is 0 Å². The number of nitrogens with one attached hydrogen (secondary N) is 2. The fourth-order valence-electron chi connectivity index (χ4n) is 2.41. The highest BCUT2D eigenvalue weighted by Gasteiger charge is 2.17. The van der Waals surface area contributed by atoms with Crippen molar-refractivity contribution in [2.75, 3.05) is 27.2 Å². The van der Waals surface area contributed by atoms with Gasteiger partial charge in [-0.2, -0.15) is 0 Å². The summed E-state index contributed by atoms with van der Waals surface area (Å²) in [5.41, 5.74) is 0.